The molecular weight excluding hydrogens is 472 g/mol. The van der Waals surface area contributed by atoms with Crippen LogP contribution in [0.2, 0.25) is 0 Å². The van der Waals surface area contributed by atoms with Crippen LogP contribution in [0.1, 0.15) is 34.0 Å². The summed E-state index contributed by atoms with van der Waals surface area (Å²) in [6.07, 6.45) is -3.11. The van der Waals surface area contributed by atoms with E-state index >= 15 is 0 Å². The molecule has 1 aliphatic rings. The fourth-order valence-electron chi connectivity index (χ4n) is 3.64. The summed E-state index contributed by atoms with van der Waals surface area (Å²) in [4.78, 5) is 26.9. The maximum Gasteiger partial charge on any atom is 0.269 e. The maximum atomic E-state index is 13.5. The van der Waals surface area contributed by atoms with Crippen molar-refractivity contribution in [2.24, 2.45) is 0 Å². The molecule has 2 aromatic rings. The summed E-state index contributed by atoms with van der Waals surface area (Å²) in [6, 6.07) is 12.3. The number of nitrogens with zero attached hydrogens (tertiary/aromatic N) is 1. The zero-order valence-electron chi connectivity index (χ0n) is 20.1. The lowest BCUT2D eigenvalue weighted by Gasteiger charge is -2.34. The van der Waals surface area contributed by atoms with Crippen molar-refractivity contribution in [3.63, 3.8) is 0 Å². The third-order valence-corrected chi connectivity index (χ3v) is 6.06. The predicted octanol–water partition coefficient (Wildman–Crippen LogP) is 2.19. The molecule has 1 saturated heterocycles. The fourth-order valence-corrected chi connectivity index (χ4v) is 3.64. The number of ether oxygens (including phenoxy) is 2. The largest absolute Gasteiger partial charge is 0.379 e. The molecule has 2 aromatic carbocycles. The molecule has 0 bridgehead atoms. The van der Waals surface area contributed by atoms with Crippen LogP contribution in [0.5, 0.6) is 0 Å². The highest BCUT2D eigenvalue weighted by atomic mass is 19.3. The molecule has 0 aliphatic carbocycles. The number of halogens is 2. The molecule has 36 heavy (non-hydrogen) atoms. The van der Waals surface area contributed by atoms with E-state index in [-0.39, 0.29) is 5.56 Å². The van der Waals surface area contributed by atoms with Gasteiger partial charge in [0.2, 0.25) is 0 Å². The number of hydrogen-bond donors (Lipinski definition) is 3. The molecule has 10 heteroatoms. The van der Waals surface area contributed by atoms with Gasteiger partial charge < -0.3 is 14.8 Å². The van der Waals surface area contributed by atoms with E-state index in [0.717, 1.165) is 52.4 Å². The second-order valence-corrected chi connectivity index (χ2v) is 8.48. The Morgan fingerprint density at radius 3 is 2.14 bits per heavy atom. The Kier molecular flexibility index (Phi) is 9.50. The zero-order chi connectivity index (χ0) is 26.1. The van der Waals surface area contributed by atoms with Gasteiger partial charge in [-0.25, -0.2) is 14.3 Å². The third kappa shape index (κ3) is 6.86. The number of hydrogen-bond acceptors (Lipinski definition) is 6. The summed E-state index contributed by atoms with van der Waals surface area (Å²) in [5, 5.41) is 11.1. The van der Waals surface area contributed by atoms with Crippen molar-refractivity contribution >= 4 is 11.8 Å². The summed E-state index contributed by atoms with van der Waals surface area (Å²) in [5.74, 6) is 4.07. The highest BCUT2D eigenvalue weighted by Crippen LogP contribution is 2.24. The van der Waals surface area contributed by atoms with Gasteiger partial charge >= 0.3 is 0 Å². The predicted molar refractivity (Wildman–Crippen MR) is 128 cm³/mol. The minimum absolute atomic E-state index is 0.122. The summed E-state index contributed by atoms with van der Waals surface area (Å²) >= 11 is 0. The number of amides is 2. The van der Waals surface area contributed by atoms with Gasteiger partial charge in [-0.15, -0.1) is 0 Å². The Morgan fingerprint density at radius 2 is 1.64 bits per heavy atom. The normalized spacial score (nSPS) is 16.4. The van der Waals surface area contributed by atoms with Crippen LogP contribution in [0.15, 0.2) is 48.5 Å². The smallest absolute Gasteiger partial charge is 0.269 e. The van der Waals surface area contributed by atoms with Crippen LogP contribution in [0.4, 0.5) is 8.78 Å². The van der Waals surface area contributed by atoms with Crippen LogP contribution in [0.25, 0.3) is 0 Å². The molecular formula is C26H29F2N3O5. The monoisotopic (exact) mass is 501 g/mol. The molecule has 0 aromatic heterocycles. The lowest BCUT2D eigenvalue weighted by atomic mass is 9.95. The van der Waals surface area contributed by atoms with Crippen LogP contribution in [0.3, 0.4) is 0 Å². The number of rotatable bonds is 8. The number of carbonyl (C=O) groups is 2. The van der Waals surface area contributed by atoms with E-state index in [9.17, 15) is 18.4 Å². The van der Waals surface area contributed by atoms with Crippen molar-refractivity contribution in [3.8, 4) is 11.8 Å². The van der Waals surface area contributed by atoms with Gasteiger partial charge in [0.05, 0.1) is 13.2 Å². The molecule has 8 nitrogen and oxygen atoms in total. The molecule has 192 valence electrons. The van der Waals surface area contributed by atoms with Crippen LogP contribution in [-0.4, -0.2) is 73.4 Å². The van der Waals surface area contributed by atoms with Gasteiger partial charge in [0.25, 0.3) is 18.2 Å². The first-order valence-corrected chi connectivity index (χ1v) is 11.4. The Balaban J connectivity index is 1.64. The molecule has 3 N–H and O–H groups in total. The summed E-state index contributed by atoms with van der Waals surface area (Å²) < 4.78 is 37.2. The van der Waals surface area contributed by atoms with Crippen LogP contribution in [-0.2, 0) is 20.8 Å². The van der Waals surface area contributed by atoms with E-state index in [1.54, 1.807) is 12.1 Å². The van der Waals surface area contributed by atoms with Gasteiger partial charge in [0.1, 0.15) is 6.04 Å². The van der Waals surface area contributed by atoms with Gasteiger partial charge in [-0.2, -0.15) is 0 Å². The average molecular weight is 502 g/mol. The maximum absolute atomic E-state index is 13.5. The lowest BCUT2D eigenvalue weighted by Crippen LogP contribution is -2.62. The lowest BCUT2D eigenvalue weighted by molar-refractivity contribution is -0.157. The first-order valence-electron chi connectivity index (χ1n) is 11.4. The third-order valence-electron chi connectivity index (χ3n) is 6.06. The highest BCUT2D eigenvalue weighted by Gasteiger charge is 2.48. The summed E-state index contributed by atoms with van der Waals surface area (Å²) in [7, 11) is 0.987. The molecule has 1 fully saturated rings. The van der Waals surface area contributed by atoms with E-state index in [2.05, 4.69) is 22.1 Å². The van der Waals surface area contributed by atoms with E-state index < -0.39 is 29.9 Å². The van der Waals surface area contributed by atoms with Crippen LogP contribution >= 0.6 is 0 Å². The van der Waals surface area contributed by atoms with Gasteiger partial charge in [0.15, 0.2) is 5.60 Å². The molecule has 3 rings (SSSR count). The number of morpholine rings is 1. The number of carbonyl (C=O) groups excluding carboxylic acids is 2. The molecule has 2 amide bonds. The molecule has 0 saturated carbocycles. The van der Waals surface area contributed by atoms with Crippen molar-refractivity contribution in [3.05, 3.63) is 70.8 Å². The van der Waals surface area contributed by atoms with Crippen molar-refractivity contribution in [2.75, 3.05) is 33.4 Å². The number of hydroxylamine groups is 1. The first-order chi connectivity index (χ1) is 17.3. The SMILES string of the molecule is COC(C)(C(F)F)C(NC(=O)c1ccc(C#Cc2ccc(CN3CCOCC3)cc2)cc1)C(=O)NO. The summed E-state index contributed by atoms with van der Waals surface area (Å²) in [6.45, 7) is 5.18. The van der Waals surface area contributed by atoms with Crippen molar-refractivity contribution < 1.29 is 33.1 Å². The highest BCUT2D eigenvalue weighted by molar-refractivity contribution is 5.97. The van der Waals surface area contributed by atoms with Crippen molar-refractivity contribution in [2.45, 2.75) is 31.5 Å². The number of alkyl halides is 2. The molecule has 2 atom stereocenters. The Bertz CT molecular complexity index is 1090. The first kappa shape index (κ1) is 27.2. The average Bonchev–Trinajstić information content (AvgIpc) is 2.91. The zero-order valence-corrected chi connectivity index (χ0v) is 20.1. The van der Waals surface area contributed by atoms with E-state index in [1.807, 2.05) is 24.3 Å². The van der Waals surface area contributed by atoms with Gasteiger partial charge in [-0.3, -0.25) is 19.7 Å². The number of methoxy groups -OCH3 is 1. The quantitative estimate of drug-likeness (QED) is 0.291. The Labute approximate surface area is 208 Å². The van der Waals surface area contributed by atoms with Gasteiger partial charge in [-0.05, 0) is 48.9 Å². The van der Waals surface area contributed by atoms with Crippen LogP contribution < -0.4 is 10.8 Å². The van der Waals surface area contributed by atoms with E-state index in [1.165, 1.54) is 23.2 Å². The van der Waals surface area contributed by atoms with E-state index in [0.29, 0.717) is 5.56 Å². The minimum Gasteiger partial charge on any atom is -0.379 e. The molecule has 0 radical (unpaired) electrons. The number of benzene rings is 2. The molecule has 1 aliphatic heterocycles. The van der Waals surface area contributed by atoms with Gasteiger partial charge in [0, 0.05) is 43.4 Å². The van der Waals surface area contributed by atoms with Crippen LogP contribution in [0, 0.1) is 11.8 Å². The van der Waals surface area contributed by atoms with Gasteiger partial charge in [-0.1, -0.05) is 24.0 Å². The van der Waals surface area contributed by atoms with Crippen molar-refractivity contribution in [1.29, 1.82) is 0 Å². The molecule has 0 spiro atoms. The van der Waals surface area contributed by atoms with Crippen molar-refractivity contribution in [1.82, 2.24) is 15.7 Å². The Morgan fingerprint density at radius 1 is 1.08 bits per heavy atom. The minimum atomic E-state index is -3.11. The van der Waals surface area contributed by atoms with E-state index in [4.69, 9.17) is 14.7 Å². The number of nitrogens with one attached hydrogen (secondary N) is 2. The fraction of sp³-hybridized carbons (Fsp3) is 0.385. The second kappa shape index (κ2) is 12.6. The molecule has 2 unspecified atom stereocenters. The molecule has 1 heterocycles. The Hall–Kier alpha value is -3.36. The summed E-state index contributed by atoms with van der Waals surface area (Å²) in [5.41, 5.74) is 1.73. The standard InChI is InChI=1S/C26H29F2N3O5/c1-26(35-2,25(27)28)22(24(33)30-34)29-23(32)21-11-9-19(10-12-21)4-3-18-5-7-20(8-6-18)17-31-13-15-36-16-14-31/h5-12,22,25,34H,13-17H2,1-2H3,(H,29,32)(H,30,33). The second-order valence-electron chi connectivity index (χ2n) is 8.48. The topological polar surface area (TPSA) is 100 Å².